The van der Waals surface area contributed by atoms with Crippen LogP contribution in [-0.4, -0.2) is 68.0 Å². The van der Waals surface area contributed by atoms with Gasteiger partial charge in [-0.2, -0.15) is 0 Å². The Morgan fingerprint density at radius 2 is 1.78 bits per heavy atom. The number of rotatable bonds is 8. The van der Waals surface area contributed by atoms with Gasteiger partial charge in [-0.05, 0) is 37.1 Å². The molecule has 0 bridgehead atoms. The van der Waals surface area contributed by atoms with E-state index in [1.807, 2.05) is 38.2 Å². The molecular weight excluding hydrogens is 402 g/mol. The van der Waals surface area contributed by atoms with Gasteiger partial charge in [-0.15, -0.1) is 0 Å². The van der Waals surface area contributed by atoms with Crippen LogP contribution in [0.3, 0.4) is 0 Å². The normalized spacial score (nSPS) is 14.8. The van der Waals surface area contributed by atoms with Gasteiger partial charge in [0.05, 0.1) is 0 Å². The molecule has 1 saturated heterocycles. The zero-order valence-corrected chi connectivity index (χ0v) is 19.4. The molecule has 3 rings (SSSR count). The van der Waals surface area contributed by atoms with Crippen LogP contribution in [0, 0.1) is 6.92 Å². The number of hydrogen-bond acceptors (Lipinski definition) is 4. The van der Waals surface area contributed by atoms with Gasteiger partial charge in [-0.3, -0.25) is 14.7 Å². The van der Waals surface area contributed by atoms with Gasteiger partial charge in [0.2, 0.25) is 0 Å². The van der Waals surface area contributed by atoms with Crippen LogP contribution in [0.2, 0.25) is 0 Å². The molecule has 1 amide bonds. The minimum absolute atomic E-state index is 0.0270. The number of ether oxygens (including phenoxy) is 1. The molecule has 0 aliphatic carbocycles. The van der Waals surface area contributed by atoms with Gasteiger partial charge >= 0.3 is 0 Å². The van der Waals surface area contributed by atoms with Gasteiger partial charge < -0.3 is 20.3 Å². The number of piperazine rings is 1. The largest absolute Gasteiger partial charge is 0.484 e. The quantitative estimate of drug-likeness (QED) is 0.490. The second-order valence-electron chi connectivity index (χ2n) is 8.04. The lowest BCUT2D eigenvalue weighted by Crippen LogP contribution is -2.52. The summed E-state index contributed by atoms with van der Waals surface area (Å²) >= 11 is 0. The number of carbonyl (C=O) groups is 1. The number of aryl methyl sites for hydroxylation is 1. The third-order valence-electron chi connectivity index (χ3n) is 5.47. The number of amides is 1. The number of benzene rings is 2. The highest BCUT2D eigenvalue weighted by Gasteiger charge is 2.19. The van der Waals surface area contributed by atoms with E-state index in [1.165, 1.54) is 11.1 Å². The molecule has 0 spiro atoms. The van der Waals surface area contributed by atoms with Gasteiger partial charge in [0.25, 0.3) is 5.91 Å². The number of hydrogen-bond donors (Lipinski definition) is 2. The summed E-state index contributed by atoms with van der Waals surface area (Å²) in [5.74, 6) is 1.49. The third-order valence-corrected chi connectivity index (χ3v) is 5.47. The van der Waals surface area contributed by atoms with Crippen molar-refractivity contribution in [3.8, 4) is 5.75 Å². The maximum absolute atomic E-state index is 11.6. The lowest BCUT2D eigenvalue weighted by molar-refractivity contribution is -0.122. The zero-order valence-electron chi connectivity index (χ0n) is 19.4. The predicted molar refractivity (Wildman–Crippen MR) is 129 cm³/mol. The Kier molecular flexibility index (Phi) is 8.92. The van der Waals surface area contributed by atoms with Crippen molar-refractivity contribution in [3.63, 3.8) is 0 Å². The van der Waals surface area contributed by atoms with E-state index >= 15 is 0 Å². The van der Waals surface area contributed by atoms with Gasteiger partial charge in [-0.1, -0.05) is 42.0 Å². The van der Waals surface area contributed by atoms with E-state index in [2.05, 4.69) is 56.6 Å². The molecule has 0 saturated carbocycles. The maximum atomic E-state index is 11.6. The average molecular weight is 438 g/mol. The summed E-state index contributed by atoms with van der Waals surface area (Å²) in [4.78, 5) is 20.9. The van der Waals surface area contributed by atoms with Crippen LogP contribution < -0.4 is 15.4 Å². The van der Waals surface area contributed by atoms with Crippen LogP contribution in [0.5, 0.6) is 5.75 Å². The second-order valence-corrected chi connectivity index (χ2v) is 8.04. The Morgan fingerprint density at radius 3 is 2.50 bits per heavy atom. The fourth-order valence-electron chi connectivity index (χ4n) is 3.84. The third kappa shape index (κ3) is 7.27. The summed E-state index contributed by atoms with van der Waals surface area (Å²) in [6.07, 6.45) is 0. The summed E-state index contributed by atoms with van der Waals surface area (Å²) in [6.45, 7) is 10.2. The molecule has 2 aromatic rings. The van der Waals surface area contributed by atoms with E-state index in [-0.39, 0.29) is 12.5 Å². The molecule has 0 aromatic heterocycles. The molecule has 1 fully saturated rings. The monoisotopic (exact) mass is 437 g/mol. The molecule has 7 nitrogen and oxygen atoms in total. The number of nitrogens with zero attached hydrogens (tertiary/aromatic N) is 3. The minimum Gasteiger partial charge on any atom is -0.484 e. The summed E-state index contributed by atoms with van der Waals surface area (Å²) < 4.78 is 5.59. The van der Waals surface area contributed by atoms with Crippen molar-refractivity contribution >= 4 is 11.9 Å². The second kappa shape index (κ2) is 12.1. The topological polar surface area (TPSA) is 69.2 Å². The first kappa shape index (κ1) is 23.6. The first-order valence-corrected chi connectivity index (χ1v) is 11.3. The van der Waals surface area contributed by atoms with Gasteiger partial charge in [0.15, 0.2) is 12.6 Å². The van der Waals surface area contributed by atoms with Crippen LogP contribution >= 0.6 is 0 Å². The maximum Gasteiger partial charge on any atom is 0.257 e. The SMILES string of the molecule is CCNC(=O)COc1cccc(CNC(=NC)N2CCN(Cc3cccc(C)c3)CC2)c1. The zero-order chi connectivity index (χ0) is 22.8. The Morgan fingerprint density at radius 1 is 1.03 bits per heavy atom. The fourth-order valence-corrected chi connectivity index (χ4v) is 3.84. The van der Waals surface area contributed by atoms with E-state index in [4.69, 9.17) is 4.74 Å². The summed E-state index contributed by atoms with van der Waals surface area (Å²) in [7, 11) is 1.83. The van der Waals surface area contributed by atoms with Crippen LogP contribution in [0.15, 0.2) is 53.5 Å². The van der Waals surface area contributed by atoms with Crippen molar-refractivity contribution in [2.75, 3.05) is 46.4 Å². The molecule has 0 radical (unpaired) electrons. The predicted octanol–water partition coefficient (Wildman–Crippen LogP) is 2.40. The fraction of sp³-hybridized carbons (Fsp3) is 0.440. The van der Waals surface area contributed by atoms with Crippen molar-refractivity contribution < 1.29 is 9.53 Å². The lowest BCUT2D eigenvalue weighted by atomic mass is 10.1. The molecule has 172 valence electrons. The highest BCUT2D eigenvalue weighted by molar-refractivity contribution is 5.80. The van der Waals surface area contributed by atoms with Crippen molar-refractivity contribution in [2.24, 2.45) is 4.99 Å². The molecule has 1 aliphatic rings. The Bertz CT molecular complexity index is 907. The van der Waals surface area contributed by atoms with Crippen molar-refractivity contribution in [1.82, 2.24) is 20.4 Å². The number of guanidine groups is 1. The van der Waals surface area contributed by atoms with Gasteiger partial charge in [-0.25, -0.2) is 0 Å². The van der Waals surface area contributed by atoms with E-state index in [0.29, 0.717) is 18.8 Å². The van der Waals surface area contributed by atoms with Crippen LogP contribution in [0.4, 0.5) is 0 Å². The van der Waals surface area contributed by atoms with Gasteiger partial charge in [0, 0.05) is 52.9 Å². The molecule has 0 atom stereocenters. The van der Waals surface area contributed by atoms with E-state index in [9.17, 15) is 4.79 Å². The average Bonchev–Trinajstić information content (AvgIpc) is 2.80. The summed E-state index contributed by atoms with van der Waals surface area (Å²) in [5, 5.41) is 6.19. The molecule has 2 aromatic carbocycles. The number of likely N-dealkylation sites (N-methyl/N-ethyl adjacent to an activating group) is 1. The van der Waals surface area contributed by atoms with Crippen molar-refractivity contribution in [2.45, 2.75) is 26.9 Å². The molecule has 32 heavy (non-hydrogen) atoms. The van der Waals surface area contributed by atoms with Crippen molar-refractivity contribution in [1.29, 1.82) is 0 Å². The van der Waals surface area contributed by atoms with Crippen LogP contribution in [0.1, 0.15) is 23.6 Å². The molecule has 1 aliphatic heterocycles. The van der Waals surface area contributed by atoms with Crippen LogP contribution in [0.25, 0.3) is 0 Å². The van der Waals surface area contributed by atoms with E-state index in [0.717, 1.165) is 44.2 Å². The Hall–Kier alpha value is -3.06. The first-order valence-electron chi connectivity index (χ1n) is 11.3. The Labute approximate surface area is 191 Å². The van der Waals surface area contributed by atoms with Gasteiger partial charge in [0.1, 0.15) is 5.75 Å². The van der Waals surface area contributed by atoms with Crippen molar-refractivity contribution in [3.05, 3.63) is 65.2 Å². The first-order chi connectivity index (χ1) is 15.6. The molecular formula is C25H35N5O2. The highest BCUT2D eigenvalue weighted by atomic mass is 16.5. The standard InChI is InChI=1S/C25H35N5O2/c1-4-27-24(31)19-32-23-10-6-8-21(16-23)17-28-25(26-3)30-13-11-29(12-14-30)18-22-9-5-7-20(2)15-22/h5-10,15-16H,4,11-14,17-19H2,1-3H3,(H,26,28)(H,27,31). The lowest BCUT2D eigenvalue weighted by Gasteiger charge is -2.36. The van der Waals surface area contributed by atoms with E-state index < -0.39 is 0 Å². The summed E-state index contributed by atoms with van der Waals surface area (Å²) in [6, 6.07) is 16.5. The molecule has 0 unspecified atom stereocenters. The van der Waals surface area contributed by atoms with E-state index in [1.54, 1.807) is 0 Å². The highest BCUT2D eigenvalue weighted by Crippen LogP contribution is 2.14. The molecule has 2 N–H and O–H groups in total. The molecule has 1 heterocycles. The smallest absolute Gasteiger partial charge is 0.257 e. The van der Waals surface area contributed by atoms with Crippen LogP contribution in [-0.2, 0) is 17.9 Å². The Balaban J connectivity index is 1.46. The number of aliphatic imine (C=N–C) groups is 1. The number of nitrogens with one attached hydrogen (secondary N) is 2. The molecule has 7 heteroatoms. The number of carbonyl (C=O) groups excluding carboxylic acids is 1. The minimum atomic E-state index is -0.113. The summed E-state index contributed by atoms with van der Waals surface area (Å²) in [5.41, 5.74) is 3.76.